The molecule has 3 heteroatoms. The van der Waals surface area contributed by atoms with E-state index in [1.807, 2.05) is 18.2 Å². The van der Waals surface area contributed by atoms with Gasteiger partial charge in [0.05, 0.1) is 12.8 Å². The van der Waals surface area contributed by atoms with Gasteiger partial charge >= 0.3 is 0 Å². The second kappa shape index (κ2) is 6.10. The summed E-state index contributed by atoms with van der Waals surface area (Å²) in [6.07, 6.45) is 5.27. The van der Waals surface area contributed by atoms with Crippen LogP contribution in [0.15, 0.2) is 24.3 Å². The summed E-state index contributed by atoms with van der Waals surface area (Å²) in [5, 5.41) is 0. The summed E-state index contributed by atoms with van der Waals surface area (Å²) in [6, 6.07) is 8.37. The number of nitrogens with zero attached hydrogens (tertiary/aromatic N) is 1. The molecule has 18 heavy (non-hydrogen) atoms. The van der Waals surface area contributed by atoms with Crippen molar-refractivity contribution in [2.45, 2.75) is 31.7 Å². The third kappa shape index (κ3) is 2.96. The molecule has 1 aromatic rings. The predicted octanol–water partition coefficient (Wildman–Crippen LogP) is 2.65. The van der Waals surface area contributed by atoms with Crippen LogP contribution in [0.25, 0.3) is 0 Å². The maximum Gasteiger partial charge on any atom is 0.142 e. The maximum atomic E-state index is 6.33. The zero-order chi connectivity index (χ0) is 13.0. The summed E-state index contributed by atoms with van der Waals surface area (Å²) in [4.78, 5) is 2.21. The lowest BCUT2D eigenvalue weighted by molar-refractivity contribution is 0.409. The Morgan fingerprint density at radius 2 is 2.00 bits per heavy atom. The molecule has 0 saturated heterocycles. The highest BCUT2D eigenvalue weighted by molar-refractivity contribution is 5.57. The predicted molar refractivity (Wildman–Crippen MR) is 76.2 cm³/mol. The Morgan fingerprint density at radius 1 is 1.33 bits per heavy atom. The molecule has 0 radical (unpaired) electrons. The monoisotopic (exact) mass is 248 g/mol. The van der Waals surface area contributed by atoms with E-state index in [-0.39, 0.29) is 6.04 Å². The molecule has 1 aliphatic carbocycles. The zero-order valence-electron chi connectivity index (χ0n) is 11.4. The van der Waals surface area contributed by atoms with Gasteiger partial charge in [-0.3, -0.25) is 0 Å². The van der Waals surface area contributed by atoms with E-state index in [9.17, 15) is 0 Å². The van der Waals surface area contributed by atoms with Crippen molar-refractivity contribution in [1.29, 1.82) is 0 Å². The van der Waals surface area contributed by atoms with Gasteiger partial charge < -0.3 is 15.4 Å². The van der Waals surface area contributed by atoms with E-state index in [4.69, 9.17) is 10.5 Å². The van der Waals surface area contributed by atoms with Crippen molar-refractivity contribution in [3.63, 3.8) is 0 Å². The maximum absolute atomic E-state index is 6.33. The minimum Gasteiger partial charge on any atom is -0.495 e. The van der Waals surface area contributed by atoms with E-state index in [0.29, 0.717) is 5.92 Å². The molecule has 0 bridgehead atoms. The van der Waals surface area contributed by atoms with Crippen molar-refractivity contribution in [1.82, 2.24) is 0 Å². The van der Waals surface area contributed by atoms with Crippen LogP contribution in [0.3, 0.4) is 0 Å². The van der Waals surface area contributed by atoms with E-state index in [2.05, 4.69) is 18.0 Å². The van der Waals surface area contributed by atoms with Gasteiger partial charge in [0.1, 0.15) is 5.75 Å². The van der Waals surface area contributed by atoms with E-state index < -0.39 is 0 Å². The van der Waals surface area contributed by atoms with Gasteiger partial charge in [0, 0.05) is 19.6 Å². The average molecular weight is 248 g/mol. The first-order valence-electron chi connectivity index (χ1n) is 6.82. The highest BCUT2D eigenvalue weighted by Gasteiger charge is 2.23. The lowest BCUT2D eigenvalue weighted by atomic mass is 9.98. The molecular formula is C15H24N2O. The summed E-state index contributed by atoms with van der Waals surface area (Å²) in [7, 11) is 3.80. The SMILES string of the molecule is COc1ccccc1N(C)CC(N)C1CCCC1. The number of rotatable bonds is 5. The number of hydrogen-bond donors (Lipinski definition) is 1. The zero-order valence-corrected chi connectivity index (χ0v) is 11.4. The van der Waals surface area contributed by atoms with Crippen LogP contribution in [0.1, 0.15) is 25.7 Å². The van der Waals surface area contributed by atoms with Crippen LogP contribution in [0.5, 0.6) is 5.75 Å². The van der Waals surface area contributed by atoms with Crippen molar-refractivity contribution >= 4 is 5.69 Å². The number of ether oxygens (including phenoxy) is 1. The average Bonchev–Trinajstić information content (AvgIpc) is 2.92. The van der Waals surface area contributed by atoms with Crippen LogP contribution in [0, 0.1) is 5.92 Å². The molecular weight excluding hydrogens is 224 g/mol. The molecule has 2 rings (SSSR count). The summed E-state index contributed by atoms with van der Waals surface area (Å²) >= 11 is 0. The van der Waals surface area contributed by atoms with Crippen LogP contribution in [0.4, 0.5) is 5.69 Å². The number of likely N-dealkylation sites (N-methyl/N-ethyl adjacent to an activating group) is 1. The van der Waals surface area contributed by atoms with Crippen molar-refractivity contribution in [2.75, 3.05) is 25.6 Å². The van der Waals surface area contributed by atoms with Gasteiger partial charge in [-0.1, -0.05) is 25.0 Å². The van der Waals surface area contributed by atoms with Crippen LogP contribution < -0.4 is 15.4 Å². The quantitative estimate of drug-likeness (QED) is 0.870. The van der Waals surface area contributed by atoms with Crippen molar-refractivity contribution in [3.8, 4) is 5.75 Å². The molecule has 0 spiro atoms. The highest BCUT2D eigenvalue weighted by Crippen LogP contribution is 2.30. The summed E-state index contributed by atoms with van der Waals surface area (Å²) in [5.41, 5.74) is 7.45. The lowest BCUT2D eigenvalue weighted by Crippen LogP contribution is -2.40. The van der Waals surface area contributed by atoms with Crippen LogP contribution in [-0.2, 0) is 0 Å². The van der Waals surface area contributed by atoms with E-state index >= 15 is 0 Å². The highest BCUT2D eigenvalue weighted by atomic mass is 16.5. The smallest absolute Gasteiger partial charge is 0.142 e. The van der Waals surface area contributed by atoms with E-state index in [1.54, 1.807) is 7.11 Å². The van der Waals surface area contributed by atoms with Gasteiger partial charge in [0.15, 0.2) is 0 Å². The first-order valence-corrected chi connectivity index (χ1v) is 6.82. The molecule has 1 aromatic carbocycles. The van der Waals surface area contributed by atoms with Crippen LogP contribution in [0.2, 0.25) is 0 Å². The molecule has 2 N–H and O–H groups in total. The summed E-state index contributed by atoms with van der Waals surface area (Å²) < 4.78 is 5.39. The molecule has 1 saturated carbocycles. The van der Waals surface area contributed by atoms with Crippen molar-refractivity contribution in [3.05, 3.63) is 24.3 Å². The molecule has 1 aliphatic rings. The van der Waals surface area contributed by atoms with Gasteiger partial charge in [-0.2, -0.15) is 0 Å². The van der Waals surface area contributed by atoms with Gasteiger partial charge in [0.25, 0.3) is 0 Å². The number of nitrogens with two attached hydrogens (primary N) is 1. The fraction of sp³-hybridized carbons (Fsp3) is 0.600. The molecule has 100 valence electrons. The Labute approximate surface area is 110 Å². The van der Waals surface area contributed by atoms with Gasteiger partial charge in [0.2, 0.25) is 0 Å². The molecule has 0 heterocycles. The Kier molecular flexibility index (Phi) is 4.48. The summed E-state index contributed by atoms with van der Waals surface area (Å²) in [5.74, 6) is 1.61. The largest absolute Gasteiger partial charge is 0.495 e. The summed E-state index contributed by atoms with van der Waals surface area (Å²) in [6.45, 7) is 0.894. The second-order valence-corrected chi connectivity index (χ2v) is 5.26. The lowest BCUT2D eigenvalue weighted by Gasteiger charge is -2.28. The minimum absolute atomic E-state index is 0.266. The molecule has 1 fully saturated rings. The van der Waals surface area contributed by atoms with Gasteiger partial charge in [-0.05, 0) is 30.9 Å². The van der Waals surface area contributed by atoms with E-state index in [1.165, 1.54) is 25.7 Å². The van der Waals surface area contributed by atoms with Crippen LogP contribution in [-0.4, -0.2) is 26.7 Å². The molecule has 0 amide bonds. The number of methoxy groups -OCH3 is 1. The second-order valence-electron chi connectivity index (χ2n) is 5.26. The number of hydrogen-bond acceptors (Lipinski definition) is 3. The molecule has 1 atom stereocenters. The molecule has 1 unspecified atom stereocenters. The molecule has 3 nitrogen and oxygen atoms in total. The first-order chi connectivity index (χ1) is 8.72. The Bertz CT molecular complexity index is 375. The van der Waals surface area contributed by atoms with Gasteiger partial charge in [-0.25, -0.2) is 0 Å². The van der Waals surface area contributed by atoms with Gasteiger partial charge in [-0.15, -0.1) is 0 Å². The van der Waals surface area contributed by atoms with Crippen molar-refractivity contribution in [2.24, 2.45) is 11.7 Å². The fourth-order valence-electron chi connectivity index (χ4n) is 2.89. The topological polar surface area (TPSA) is 38.5 Å². The number of para-hydroxylation sites is 2. The standard InChI is InChI=1S/C15H24N2O/c1-17(11-13(16)12-7-3-4-8-12)14-9-5-6-10-15(14)18-2/h5-6,9-10,12-13H,3-4,7-8,11,16H2,1-2H3. The van der Waals surface area contributed by atoms with Crippen LogP contribution >= 0.6 is 0 Å². The minimum atomic E-state index is 0.266. The molecule has 0 aliphatic heterocycles. The number of anilines is 1. The number of benzene rings is 1. The van der Waals surface area contributed by atoms with Crippen molar-refractivity contribution < 1.29 is 4.74 Å². The van der Waals surface area contributed by atoms with E-state index in [0.717, 1.165) is 18.0 Å². The molecule has 0 aromatic heterocycles. The first kappa shape index (κ1) is 13.2. The Morgan fingerprint density at radius 3 is 2.67 bits per heavy atom. The third-order valence-corrected chi connectivity index (χ3v) is 3.99. The Hall–Kier alpha value is -1.22. The normalized spacial score (nSPS) is 17.7. The Balaban J connectivity index is 1.99. The third-order valence-electron chi connectivity index (χ3n) is 3.99. The fourth-order valence-corrected chi connectivity index (χ4v) is 2.89.